The molecule has 4 nitrogen and oxygen atoms in total. The summed E-state index contributed by atoms with van der Waals surface area (Å²) in [6.45, 7) is 12.1. The quantitative estimate of drug-likeness (QED) is 0.634. The second kappa shape index (κ2) is 3.51. The Hall–Kier alpha value is -1.06. The Bertz CT molecular complexity index is 294. The van der Waals surface area contributed by atoms with E-state index in [-0.39, 0.29) is 22.9 Å². The standard InChI is InChI=1S/C11H21N3O/c1-10(2,3)7-8(15)13-9(12-7)14-11(4,5)6/h7H,1-6H3,(H2,12,13,14,15). The van der Waals surface area contributed by atoms with E-state index >= 15 is 0 Å². The van der Waals surface area contributed by atoms with Gasteiger partial charge in [0.05, 0.1) is 0 Å². The maximum atomic E-state index is 11.7. The molecule has 1 atom stereocenters. The number of hydrogen-bond acceptors (Lipinski definition) is 3. The van der Waals surface area contributed by atoms with Gasteiger partial charge in [0, 0.05) is 5.54 Å². The normalized spacial score (nSPS) is 22.4. The van der Waals surface area contributed by atoms with Crippen LogP contribution in [0.2, 0.25) is 0 Å². The number of amides is 1. The number of guanidine groups is 1. The van der Waals surface area contributed by atoms with E-state index in [0.717, 1.165) is 0 Å². The molecule has 1 unspecified atom stereocenters. The molecule has 4 heteroatoms. The molecule has 0 saturated heterocycles. The lowest BCUT2D eigenvalue weighted by atomic mass is 9.87. The maximum Gasteiger partial charge on any atom is 0.252 e. The highest BCUT2D eigenvalue weighted by atomic mass is 16.2. The van der Waals surface area contributed by atoms with Crippen molar-refractivity contribution in [1.29, 1.82) is 0 Å². The van der Waals surface area contributed by atoms with Crippen LogP contribution in [0.4, 0.5) is 0 Å². The van der Waals surface area contributed by atoms with Crippen LogP contribution in [0.15, 0.2) is 4.99 Å². The second-order valence-electron chi connectivity index (χ2n) is 6.11. The van der Waals surface area contributed by atoms with E-state index in [2.05, 4.69) is 15.6 Å². The van der Waals surface area contributed by atoms with Crippen molar-refractivity contribution in [1.82, 2.24) is 10.6 Å². The number of carbonyl (C=O) groups excluding carboxylic acids is 1. The fourth-order valence-electron chi connectivity index (χ4n) is 1.41. The molecule has 86 valence electrons. The Morgan fingerprint density at radius 1 is 1.20 bits per heavy atom. The summed E-state index contributed by atoms with van der Waals surface area (Å²) in [7, 11) is 0. The highest BCUT2D eigenvalue weighted by Crippen LogP contribution is 2.24. The number of nitrogens with one attached hydrogen (secondary N) is 2. The smallest absolute Gasteiger partial charge is 0.252 e. The van der Waals surface area contributed by atoms with Gasteiger partial charge in [-0.3, -0.25) is 10.1 Å². The molecule has 0 spiro atoms. The number of carbonyl (C=O) groups is 1. The largest absolute Gasteiger partial charge is 0.351 e. The average molecular weight is 211 g/mol. The van der Waals surface area contributed by atoms with E-state index in [9.17, 15) is 4.79 Å². The van der Waals surface area contributed by atoms with Crippen molar-refractivity contribution in [2.75, 3.05) is 0 Å². The summed E-state index contributed by atoms with van der Waals surface area (Å²) in [5.41, 5.74) is -0.218. The number of aliphatic imine (C=N–C) groups is 1. The minimum Gasteiger partial charge on any atom is -0.351 e. The molecule has 2 N–H and O–H groups in total. The number of rotatable bonds is 0. The van der Waals surface area contributed by atoms with Gasteiger partial charge in [-0.25, -0.2) is 4.99 Å². The molecular weight excluding hydrogens is 190 g/mol. The van der Waals surface area contributed by atoms with E-state index in [1.54, 1.807) is 0 Å². The molecule has 0 radical (unpaired) electrons. The summed E-state index contributed by atoms with van der Waals surface area (Å²) >= 11 is 0. The molecule has 0 aromatic rings. The molecule has 0 saturated carbocycles. The van der Waals surface area contributed by atoms with E-state index in [4.69, 9.17) is 0 Å². The van der Waals surface area contributed by atoms with Crippen LogP contribution in [-0.4, -0.2) is 23.4 Å². The van der Waals surface area contributed by atoms with Crippen molar-refractivity contribution in [3.05, 3.63) is 0 Å². The molecular formula is C11H21N3O. The van der Waals surface area contributed by atoms with Crippen LogP contribution in [0.25, 0.3) is 0 Å². The van der Waals surface area contributed by atoms with Gasteiger partial charge in [0.1, 0.15) is 6.04 Å². The highest BCUT2D eigenvalue weighted by Gasteiger charge is 2.36. The SMILES string of the molecule is CC(C)(C)NC1=NC(C(C)(C)C)C(=O)N1. The third-order valence-electron chi connectivity index (χ3n) is 2.06. The third-order valence-corrected chi connectivity index (χ3v) is 2.06. The molecule has 1 amide bonds. The van der Waals surface area contributed by atoms with Gasteiger partial charge in [0.15, 0.2) is 5.96 Å². The van der Waals surface area contributed by atoms with Gasteiger partial charge in [-0.1, -0.05) is 20.8 Å². The molecule has 0 bridgehead atoms. The molecule has 1 heterocycles. The van der Waals surface area contributed by atoms with E-state index in [0.29, 0.717) is 5.96 Å². The Kier molecular flexibility index (Phi) is 2.81. The Balaban J connectivity index is 2.77. The van der Waals surface area contributed by atoms with Crippen molar-refractivity contribution in [3.63, 3.8) is 0 Å². The number of hydrogen-bond donors (Lipinski definition) is 2. The van der Waals surface area contributed by atoms with Gasteiger partial charge < -0.3 is 5.32 Å². The lowest BCUT2D eigenvalue weighted by molar-refractivity contribution is -0.122. The average Bonchev–Trinajstić information content (AvgIpc) is 2.25. The Morgan fingerprint density at radius 2 is 1.73 bits per heavy atom. The monoisotopic (exact) mass is 211 g/mol. The van der Waals surface area contributed by atoms with E-state index < -0.39 is 0 Å². The van der Waals surface area contributed by atoms with Gasteiger partial charge in [-0.15, -0.1) is 0 Å². The van der Waals surface area contributed by atoms with Crippen LogP contribution in [0.1, 0.15) is 41.5 Å². The van der Waals surface area contributed by atoms with Crippen LogP contribution >= 0.6 is 0 Å². The summed E-state index contributed by atoms with van der Waals surface area (Å²) < 4.78 is 0. The third kappa shape index (κ3) is 3.22. The molecule has 15 heavy (non-hydrogen) atoms. The molecule has 0 aromatic carbocycles. The van der Waals surface area contributed by atoms with Gasteiger partial charge >= 0.3 is 0 Å². The maximum absolute atomic E-state index is 11.7. The lowest BCUT2D eigenvalue weighted by Crippen LogP contribution is -2.47. The predicted molar refractivity (Wildman–Crippen MR) is 61.7 cm³/mol. The molecule has 0 fully saturated rings. The van der Waals surface area contributed by atoms with E-state index in [1.807, 2.05) is 41.5 Å². The van der Waals surface area contributed by atoms with Gasteiger partial charge in [-0.05, 0) is 26.2 Å². The van der Waals surface area contributed by atoms with Crippen molar-refractivity contribution >= 4 is 11.9 Å². The highest BCUT2D eigenvalue weighted by molar-refractivity contribution is 6.05. The van der Waals surface area contributed by atoms with Crippen molar-refractivity contribution < 1.29 is 4.79 Å². The summed E-state index contributed by atoms with van der Waals surface area (Å²) in [5.74, 6) is 0.571. The van der Waals surface area contributed by atoms with E-state index in [1.165, 1.54) is 0 Å². The first-order valence-corrected chi connectivity index (χ1v) is 5.26. The summed E-state index contributed by atoms with van der Waals surface area (Å²) in [6.07, 6.45) is 0. The zero-order chi connectivity index (χ0) is 11.9. The zero-order valence-corrected chi connectivity index (χ0v) is 10.4. The van der Waals surface area contributed by atoms with Crippen molar-refractivity contribution in [3.8, 4) is 0 Å². The minimum absolute atomic E-state index is 0.0192. The predicted octanol–water partition coefficient (Wildman–Crippen LogP) is 1.27. The second-order valence-corrected chi connectivity index (χ2v) is 6.11. The fourth-order valence-corrected chi connectivity index (χ4v) is 1.41. The van der Waals surface area contributed by atoms with Crippen LogP contribution in [0, 0.1) is 5.41 Å². The van der Waals surface area contributed by atoms with Gasteiger partial charge in [0.25, 0.3) is 5.91 Å². The van der Waals surface area contributed by atoms with Crippen LogP contribution in [0.5, 0.6) is 0 Å². The van der Waals surface area contributed by atoms with Gasteiger partial charge in [-0.2, -0.15) is 0 Å². The minimum atomic E-state index is -0.289. The summed E-state index contributed by atoms with van der Waals surface area (Å²) in [4.78, 5) is 16.0. The first kappa shape index (κ1) is 12.0. The van der Waals surface area contributed by atoms with Crippen LogP contribution < -0.4 is 10.6 Å². The molecule has 1 aliphatic rings. The molecule has 1 rings (SSSR count). The van der Waals surface area contributed by atoms with Crippen LogP contribution in [0.3, 0.4) is 0 Å². The topological polar surface area (TPSA) is 53.5 Å². The van der Waals surface area contributed by atoms with Crippen molar-refractivity contribution in [2.24, 2.45) is 10.4 Å². The Morgan fingerprint density at radius 3 is 2.07 bits per heavy atom. The zero-order valence-electron chi connectivity index (χ0n) is 10.4. The fraction of sp³-hybridized carbons (Fsp3) is 0.818. The summed E-state index contributed by atoms with van der Waals surface area (Å²) in [5, 5.41) is 5.94. The van der Waals surface area contributed by atoms with Crippen LogP contribution in [-0.2, 0) is 4.79 Å². The van der Waals surface area contributed by atoms with Gasteiger partial charge in [0.2, 0.25) is 0 Å². The lowest BCUT2D eigenvalue weighted by Gasteiger charge is -2.21. The van der Waals surface area contributed by atoms with Crippen molar-refractivity contribution in [2.45, 2.75) is 53.1 Å². The Labute approximate surface area is 91.5 Å². The summed E-state index contributed by atoms with van der Waals surface area (Å²) in [6, 6.07) is -0.289. The first-order chi connectivity index (χ1) is 6.59. The molecule has 0 aliphatic carbocycles. The first-order valence-electron chi connectivity index (χ1n) is 5.26. The molecule has 1 aliphatic heterocycles. The molecule has 0 aromatic heterocycles. The number of nitrogens with zero attached hydrogens (tertiary/aromatic N) is 1.